The summed E-state index contributed by atoms with van der Waals surface area (Å²) >= 11 is 0. The fourth-order valence-electron chi connectivity index (χ4n) is 1.73. The summed E-state index contributed by atoms with van der Waals surface area (Å²) < 4.78 is 5.19. The Morgan fingerprint density at radius 2 is 1.93 bits per heavy atom. The predicted molar refractivity (Wildman–Crippen MR) is 64.9 cm³/mol. The lowest BCUT2D eigenvalue weighted by atomic mass is 9.64. The molecule has 0 aliphatic heterocycles. The molecule has 3 nitrogen and oxygen atoms in total. The van der Waals surface area contributed by atoms with Crippen LogP contribution in [0.15, 0.2) is 0 Å². The highest BCUT2D eigenvalue weighted by molar-refractivity contribution is 5.98. The Labute approximate surface area is 95.8 Å². The van der Waals surface area contributed by atoms with Crippen molar-refractivity contribution in [1.82, 2.24) is 0 Å². The van der Waals surface area contributed by atoms with E-state index >= 15 is 0 Å². The lowest BCUT2D eigenvalue weighted by Crippen LogP contribution is -2.45. The van der Waals surface area contributed by atoms with Gasteiger partial charge in [0.2, 0.25) is 0 Å². The molecule has 0 bridgehead atoms. The summed E-state index contributed by atoms with van der Waals surface area (Å²) in [5.74, 6) is -0.751. The standard InChI is InChI=1S/C11H24O3Si/c1-5-6-7-10(2,3)11(4,8-14-15)9(12)13/h5-8H2,1-4,15H3,(H,12,13). The highest BCUT2D eigenvalue weighted by atomic mass is 28.2. The van der Waals surface area contributed by atoms with Crippen LogP contribution in [0.2, 0.25) is 0 Å². The Bertz CT molecular complexity index is 216. The molecule has 0 saturated heterocycles. The molecule has 1 atom stereocenters. The lowest BCUT2D eigenvalue weighted by molar-refractivity contribution is -0.158. The molecule has 0 aromatic heterocycles. The predicted octanol–water partition coefficient (Wildman–Crippen LogP) is 1.59. The third kappa shape index (κ3) is 3.31. The van der Waals surface area contributed by atoms with Crippen molar-refractivity contribution in [3.05, 3.63) is 0 Å². The highest BCUT2D eigenvalue weighted by Crippen LogP contribution is 2.43. The van der Waals surface area contributed by atoms with E-state index in [1.54, 1.807) is 6.92 Å². The Morgan fingerprint density at radius 1 is 1.40 bits per heavy atom. The second-order valence-corrected chi connectivity index (χ2v) is 5.64. The topological polar surface area (TPSA) is 46.5 Å². The molecule has 1 unspecified atom stereocenters. The first-order valence-corrected chi connectivity index (χ1v) is 6.36. The number of carboxylic acid groups (broad SMARTS) is 1. The van der Waals surface area contributed by atoms with E-state index in [4.69, 9.17) is 4.43 Å². The zero-order chi connectivity index (χ0) is 12.1. The third-order valence-electron chi connectivity index (χ3n) is 3.55. The zero-order valence-electron chi connectivity index (χ0n) is 10.6. The van der Waals surface area contributed by atoms with Gasteiger partial charge in [-0.1, -0.05) is 33.6 Å². The third-order valence-corrected chi connectivity index (χ3v) is 3.84. The van der Waals surface area contributed by atoms with Gasteiger partial charge in [-0.25, -0.2) is 0 Å². The van der Waals surface area contributed by atoms with Gasteiger partial charge < -0.3 is 9.53 Å². The van der Waals surface area contributed by atoms with E-state index in [0.717, 1.165) is 19.3 Å². The van der Waals surface area contributed by atoms with E-state index in [0.29, 0.717) is 17.1 Å². The van der Waals surface area contributed by atoms with Crippen LogP contribution < -0.4 is 0 Å². The summed E-state index contributed by atoms with van der Waals surface area (Å²) in [6.07, 6.45) is 3.09. The van der Waals surface area contributed by atoms with Crippen LogP contribution in [0.3, 0.4) is 0 Å². The number of unbranched alkanes of at least 4 members (excludes halogenated alkanes) is 1. The maximum absolute atomic E-state index is 11.4. The average molecular weight is 232 g/mol. The first kappa shape index (κ1) is 14.6. The van der Waals surface area contributed by atoms with E-state index in [1.807, 2.05) is 13.8 Å². The monoisotopic (exact) mass is 232 g/mol. The van der Waals surface area contributed by atoms with Crippen LogP contribution in [0.25, 0.3) is 0 Å². The minimum atomic E-state index is -0.774. The molecule has 0 aromatic carbocycles. The van der Waals surface area contributed by atoms with Crippen molar-refractivity contribution in [2.24, 2.45) is 10.8 Å². The Balaban J connectivity index is 4.80. The van der Waals surface area contributed by atoms with Crippen molar-refractivity contribution >= 4 is 16.5 Å². The van der Waals surface area contributed by atoms with Gasteiger partial charge in [-0.3, -0.25) is 4.79 Å². The smallest absolute Gasteiger partial charge is 0.312 e. The highest BCUT2D eigenvalue weighted by Gasteiger charge is 2.46. The molecule has 0 aromatic rings. The van der Waals surface area contributed by atoms with Crippen molar-refractivity contribution in [2.75, 3.05) is 6.61 Å². The Morgan fingerprint density at radius 3 is 2.27 bits per heavy atom. The Hall–Kier alpha value is -0.353. The normalized spacial score (nSPS) is 16.3. The van der Waals surface area contributed by atoms with E-state index in [-0.39, 0.29) is 5.41 Å². The van der Waals surface area contributed by atoms with Gasteiger partial charge in [0.15, 0.2) is 0 Å². The summed E-state index contributed by atoms with van der Waals surface area (Å²) in [5.41, 5.74) is -0.997. The first-order valence-electron chi connectivity index (χ1n) is 5.54. The first-order chi connectivity index (χ1) is 6.81. The van der Waals surface area contributed by atoms with Crippen molar-refractivity contribution in [3.8, 4) is 0 Å². The SMILES string of the molecule is CCCCC(C)(C)C(C)(CO[SiH3])C(=O)O. The van der Waals surface area contributed by atoms with Gasteiger partial charge in [0.25, 0.3) is 0 Å². The molecule has 0 saturated carbocycles. The van der Waals surface area contributed by atoms with Crippen LogP contribution >= 0.6 is 0 Å². The van der Waals surface area contributed by atoms with Crippen LogP contribution in [-0.2, 0) is 9.22 Å². The number of carboxylic acids is 1. The van der Waals surface area contributed by atoms with Gasteiger partial charge >= 0.3 is 5.97 Å². The minimum absolute atomic E-state index is 0.223. The second-order valence-electron chi connectivity index (χ2n) is 5.06. The quantitative estimate of drug-likeness (QED) is 0.678. The zero-order valence-corrected chi connectivity index (χ0v) is 12.6. The molecular weight excluding hydrogens is 208 g/mol. The molecule has 0 rings (SSSR count). The molecule has 0 spiro atoms. The summed E-state index contributed by atoms with van der Waals surface area (Å²) in [6.45, 7) is 8.29. The summed E-state index contributed by atoms with van der Waals surface area (Å²) in [5, 5.41) is 9.33. The molecule has 4 heteroatoms. The van der Waals surface area contributed by atoms with Gasteiger partial charge in [0.05, 0.1) is 5.41 Å². The molecule has 0 heterocycles. The van der Waals surface area contributed by atoms with E-state index in [9.17, 15) is 9.90 Å². The number of carbonyl (C=O) groups is 1. The molecule has 1 N–H and O–H groups in total. The number of hydrogen-bond donors (Lipinski definition) is 1. The second kappa shape index (κ2) is 5.65. The summed E-state index contributed by atoms with van der Waals surface area (Å²) in [6, 6.07) is 0. The van der Waals surface area contributed by atoms with Crippen LogP contribution in [-0.4, -0.2) is 28.2 Å². The van der Waals surface area contributed by atoms with Crippen LogP contribution in [0.5, 0.6) is 0 Å². The van der Waals surface area contributed by atoms with Crippen LogP contribution in [0.1, 0.15) is 47.0 Å². The van der Waals surface area contributed by atoms with E-state index < -0.39 is 11.4 Å². The summed E-state index contributed by atoms with van der Waals surface area (Å²) in [7, 11) is 0.591. The molecule has 0 fully saturated rings. The van der Waals surface area contributed by atoms with Crippen LogP contribution in [0, 0.1) is 10.8 Å². The average Bonchev–Trinajstić information content (AvgIpc) is 2.14. The molecular formula is C11H24O3Si. The van der Waals surface area contributed by atoms with Crippen molar-refractivity contribution in [3.63, 3.8) is 0 Å². The van der Waals surface area contributed by atoms with Crippen molar-refractivity contribution < 1.29 is 14.3 Å². The van der Waals surface area contributed by atoms with Gasteiger partial charge in [-0.2, -0.15) is 0 Å². The van der Waals surface area contributed by atoms with Crippen molar-refractivity contribution in [2.45, 2.75) is 47.0 Å². The fourth-order valence-corrected chi connectivity index (χ4v) is 2.31. The largest absolute Gasteiger partial charge is 0.481 e. The van der Waals surface area contributed by atoms with Gasteiger partial charge in [0.1, 0.15) is 10.5 Å². The lowest BCUT2D eigenvalue weighted by Gasteiger charge is -2.40. The molecule has 15 heavy (non-hydrogen) atoms. The maximum Gasteiger partial charge on any atom is 0.312 e. The van der Waals surface area contributed by atoms with E-state index in [2.05, 4.69) is 6.92 Å². The van der Waals surface area contributed by atoms with Crippen molar-refractivity contribution in [1.29, 1.82) is 0 Å². The minimum Gasteiger partial charge on any atom is -0.481 e. The fraction of sp³-hybridized carbons (Fsp3) is 0.909. The molecule has 0 aliphatic rings. The Kier molecular flexibility index (Phi) is 5.52. The maximum atomic E-state index is 11.4. The molecule has 0 amide bonds. The number of rotatable bonds is 7. The van der Waals surface area contributed by atoms with Gasteiger partial charge in [-0.05, 0) is 18.8 Å². The van der Waals surface area contributed by atoms with Gasteiger partial charge in [-0.15, -0.1) is 0 Å². The number of hydrogen-bond acceptors (Lipinski definition) is 2. The summed E-state index contributed by atoms with van der Waals surface area (Å²) in [4.78, 5) is 11.4. The number of aliphatic carboxylic acids is 1. The van der Waals surface area contributed by atoms with E-state index in [1.165, 1.54) is 0 Å². The molecule has 0 radical (unpaired) electrons. The molecule has 90 valence electrons. The molecule has 0 aliphatic carbocycles. The van der Waals surface area contributed by atoms with Crippen LogP contribution in [0.4, 0.5) is 0 Å². The van der Waals surface area contributed by atoms with Gasteiger partial charge in [0, 0.05) is 6.61 Å².